The Bertz CT molecular complexity index is 13.0. The topological polar surface area (TPSA) is 94.1 Å². The molecule has 0 radical (unpaired) electrons. The maximum Gasteiger partial charge on any atom is -0.0167 e. The highest BCUT2D eigenvalue weighted by molar-refractivity contribution is 3.91. The Balaban J connectivity index is -0.00000000544. The second kappa shape index (κ2) is 310. The fourth-order valence-corrected chi connectivity index (χ4v) is 0. The number of nitrogens with one attached hydrogen (secondary N) is 2. The van der Waals surface area contributed by atoms with E-state index in [-0.39, 0.29) is 27.2 Å². The van der Waals surface area contributed by atoms with Gasteiger partial charge < -0.3 is 22.9 Å². The predicted octanol–water partition coefficient (Wildman–Crippen LogP) is 2.29. The predicted molar refractivity (Wildman–Crippen MR) is 64.8 cm³/mol. The molecule has 12 heavy (non-hydrogen) atoms. The third-order valence-corrected chi connectivity index (χ3v) is 0. The molecule has 0 atom stereocenters. The Kier molecular flexibility index (Phi) is 1530. The molecule has 0 heterocycles. The summed E-state index contributed by atoms with van der Waals surface area (Å²) in [6.45, 7) is 4.00. The lowest BCUT2D eigenvalue weighted by Gasteiger charge is -1.59. The van der Waals surface area contributed by atoms with Crippen LogP contribution in [0.15, 0.2) is 0 Å². The number of rotatable bonds is 0. The SMILES string of the molecule is C.C.CC.CNC.CNC.N.N. The van der Waals surface area contributed by atoms with E-state index in [1.165, 1.54) is 0 Å². The van der Waals surface area contributed by atoms with Crippen molar-refractivity contribution < 1.29 is 0 Å². The molecule has 0 aromatic rings. The molecule has 0 rings (SSSR count). The maximum absolute atomic E-state index is 2.75. The average molecular weight is 186 g/mol. The smallest absolute Gasteiger partial charge is 0.0167 e. The van der Waals surface area contributed by atoms with Crippen LogP contribution in [0.5, 0.6) is 0 Å². The third-order valence-electron chi connectivity index (χ3n) is 0. The van der Waals surface area contributed by atoms with Gasteiger partial charge in [-0.3, -0.25) is 0 Å². The van der Waals surface area contributed by atoms with E-state index < -0.39 is 0 Å². The van der Waals surface area contributed by atoms with E-state index in [1.54, 1.807) is 0 Å². The van der Waals surface area contributed by atoms with Gasteiger partial charge in [-0.1, -0.05) is 28.7 Å². The first-order valence-electron chi connectivity index (χ1n) is 3.00. The van der Waals surface area contributed by atoms with Crippen molar-refractivity contribution in [3.63, 3.8) is 0 Å². The third kappa shape index (κ3) is 30000. The Hall–Kier alpha value is -0.160. The number of hydrogen-bond donors (Lipinski definition) is 4. The molecule has 0 bridgehead atoms. The zero-order valence-corrected chi connectivity index (χ0v) is 8.41. The first-order valence-corrected chi connectivity index (χ1v) is 3.00. The summed E-state index contributed by atoms with van der Waals surface area (Å²) in [5, 5.41) is 5.50. The molecule has 86 valence electrons. The lowest BCUT2D eigenvalue weighted by Crippen LogP contribution is -1.89. The molecule has 0 aliphatic rings. The molecule has 0 aliphatic carbocycles. The molecule has 0 aliphatic heterocycles. The van der Waals surface area contributed by atoms with Gasteiger partial charge in [-0.05, 0) is 28.2 Å². The zero-order valence-electron chi connectivity index (χ0n) is 8.41. The summed E-state index contributed by atoms with van der Waals surface area (Å²) < 4.78 is 0. The van der Waals surface area contributed by atoms with Crippen LogP contribution in [0.25, 0.3) is 0 Å². The minimum absolute atomic E-state index is 0. The van der Waals surface area contributed by atoms with E-state index in [1.807, 2.05) is 42.0 Å². The second-order valence-electron chi connectivity index (χ2n) is 1.00. The summed E-state index contributed by atoms with van der Waals surface area (Å²) in [5.74, 6) is 0. The average Bonchev–Trinajstić information content (AvgIpc) is 1.75. The molecule has 0 fully saturated rings. The van der Waals surface area contributed by atoms with Gasteiger partial charge in [-0.25, -0.2) is 0 Å². The summed E-state index contributed by atoms with van der Waals surface area (Å²) in [6.07, 6.45) is 0. The molecular formula is C8H34N4. The normalized spacial score (nSPS) is 3.50. The van der Waals surface area contributed by atoms with Crippen molar-refractivity contribution in [2.45, 2.75) is 28.7 Å². The van der Waals surface area contributed by atoms with Crippen LogP contribution in [0.1, 0.15) is 28.7 Å². The maximum atomic E-state index is 2.75. The summed E-state index contributed by atoms with van der Waals surface area (Å²) in [4.78, 5) is 0. The van der Waals surface area contributed by atoms with Gasteiger partial charge in [0.15, 0.2) is 0 Å². The first-order chi connectivity index (χ1) is 3.83. The van der Waals surface area contributed by atoms with E-state index in [0.717, 1.165) is 0 Å². The van der Waals surface area contributed by atoms with Crippen molar-refractivity contribution in [1.29, 1.82) is 0 Å². The van der Waals surface area contributed by atoms with Crippen molar-refractivity contribution in [3.05, 3.63) is 0 Å². The number of hydrogen-bond acceptors (Lipinski definition) is 4. The molecular weight excluding hydrogens is 152 g/mol. The Morgan fingerprint density at radius 1 is 0.583 bits per heavy atom. The molecule has 0 saturated heterocycles. The fourth-order valence-electron chi connectivity index (χ4n) is 0. The second-order valence-corrected chi connectivity index (χ2v) is 1.00. The van der Waals surface area contributed by atoms with Crippen molar-refractivity contribution in [2.24, 2.45) is 0 Å². The van der Waals surface area contributed by atoms with E-state index in [4.69, 9.17) is 0 Å². The molecule has 0 saturated carbocycles. The van der Waals surface area contributed by atoms with Gasteiger partial charge in [0, 0.05) is 0 Å². The van der Waals surface area contributed by atoms with Crippen LogP contribution in [0, 0.1) is 0 Å². The van der Waals surface area contributed by atoms with Gasteiger partial charge in [0.1, 0.15) is 0 Å². The van der Waals surface area contributed by atoms with Crippen molar-refractivity contribution >= 4 is 0 Å². The molecule has 0 spiro atoms. The molecule has 4 nitrogen and oxygen atoms in total. The van der Waals surface area contributed by atoms with Gasteiger partial charge in [-0.15, -0.1) is 0 Å². The minimum atomic E-state index is 0. The van der Waals surface area contributed by atoms with Crippen LogP contribution in [0.3, 0.4) is 0 Å². The lowest BCUT2D eigenvalue weighted by molar-refractivity contribution is 1.02. The fraction of sp³-hybridized carbons (Fsp3) is 1.00. The molecule has 0 aromatic heterocycles. The molecule has 8 N–H and O–H groups in total. The van der Waals surface area contributed by atoms with Gasteiger partial charge in [0.25, 0.3) is 0 Å². The van der Waals surface area contributed by atoms with Gasteiger partial charge in [0.2, 0.25) is 0 Å². The monoisotopic (exact) mass is 186 g/mol. The molecule has 0 aromatic carbocycles. The Morgan fingerprint density at radius 3 is 0.583 bits per heavy atom. The van der Waals surface area contributed by atoms with E-state index >= 15 is 0 Å². The molecule has 0 unspecified atom stereocenters. The van der Waals surface area contributed by atoms with E-state index in [9.17, 15) is 0 Å². The zero-order chi connectivity index (χ0) is 7.41. The standard InChI is InChI=1S/2C2H7N.C2H6.2CH4.2H3N/c2*1-3-2;1-2;;;;/h2*3H,1-2H3;1-2H3;2*1H4;2*1H3. The van der Waals surface area contributed by atoms with Crippen LogP contribution in [-0.2, 0) is 0 Å². The Labute approximate surface area is 80.7 Å². The van der Waals surface area contributed by atoms with Gasteiger partial charge >= 0.3 is 0 Å². The molecule has 4 heteroatoms. The Morgan fingerprint density at radius 2 is 0.583 bits per heavy atom. The van der Waals surface area contributed by atoms with Crippen LogP contribution < -0.4 is 22.9 Å². The largest absolute Gasteiger partial charge is 0.344 e. The molecule has 0 amide bonds. The van der Waals surface area contributed by atoms with Crippen molar-refractivity contribution in [3.8, 4) is 0 Å². The van der Waals surface area contributed by atoms with Crippen LogP contribution in [0.2, 0.25) is 0 Å². The first kappa shape index (κ1) is 59.4. The van der Waals surface area contributed by atoms with Crippen LogP contribution in [0.4, 0.5) is 0 Å². The van der Waals surface area contributed by atoms with E-state index in [0.29, 0.717) is 0 Å². The summed E-state index contributed by atoms with van der Waals surface area (Å²) in [5.41, 5.74) is 0. The highest BCUT2D eigenvalue weighted by atomic mass is 14.7. The van der Waals surface area contributed by atoms with Crippen molar-refractivity contribution in [1.82, 2.24) is 22.9 Å². The summed E-state index contributed by atoms with van der Waals surface area (Å²) in [7, 11) is 7.50. The lowest BCUT2D eigenvalue weighted by atomic mass is 11.0. The van der Waals surface area contributed by atoms with Gasteiger partial charge in [0.05, 0.1) is 0 Å². The summed E-state index contributed by atoms with van der Waals surface area (Å²) in [6, 6.07) is 0. The minimum Gasteiger partial charge on any atom is -0.344 e. The quantitative estimate of drug-likeness (QED) is 0.467. The highest BCUT2D eigenvalue weighted by Gasteiger charge is 1.26. The summed E-state index contributed by atoms with van der Waals surface area (Å²) >= 11 is 0. The van der Waals surface area contributed by atoms with Crippen LogP contribution >= 0.6 is 0 Å². The highest BCUT2D eigenvalue weighted by Crippen LogP contribution is 1.14. The van der Waals surface area contributed by atoms with E-state index in [2.05, 4.69) is 10.6 Å². The van der Waals surface area contributed by atoms with Gasteiger partial charge in [-0.2, -0.15) is 0 Å². The van der Waals surface area contributed by atoms with Crippen molar-refractivity contribution in [2.75, 3.05) is 28.2 Å². The van der Waals surface area contributed by atoms with Crippen LogP contribution in [-0.4, -0.2) is 28.2 Å².